The molecule has 174 valence electrons. The maximum Gasteiger partial charge on any atom is 0.321 e. The Balaban J connectivity index is 1.49. The fourth-order valence-electron chi connectivity index (χ4n) is 4.00. The molecule has 0 bridgehead atoms. The third kappa shape index (κ3) is 5.84. The lowest BCUT2D eigenvalue weighted by Crippen LogP contribution is -2.32. The van der Waals surface area contributed by atoms with E-state index in [2.05, 4.69) is 10.6 Å². The van der Waals surface area contributed by atoms with Crippen molar-refractivity contribution in [3.05, 3.63) is 95.6 Å². The first-order chi connectivity index (χ1) is 16.6. The van der Waals surface area contributed by atoms with Crippen molar-refractivity contribution in [1.82, 2.24) is 10.2 Å². The zero-order chi connectivity index (χ0) is 23.8. The first-order valence-electron chi connectivity index (χ1n) is 11.5. The summed E-state index contributed by atoms with van der Waals surface area (Å²) in [7, 11) is 1.62. The molecule has 3 amide bonds. The van der Waals surface area contributed by atoms with Gasteiger partial charge in [0.25, 0.3) is 5.91 Å². The Labute approximate surface area is 200 Å². The number of benzene rings is 3. The number of nitrogens with one attached hydrogen (secondary N) is 2. The first kappa shape index (κ1) is 23.1. The van der Waals surface area contributed by atoms with E-state index in [1.54, 1.807) is 7.11 Å². The van der Waals surface area contributed by atoms with E-state index in [4.69, 9.17) is 4.74 Å². The molecule has 1 heterocycles. The number of hydrogen-bond donors (Lipinski definition) is 2. The minimum Gasteiger partial charge on any atom is -0.496 e. The summed E-state index contributed by atoms with van der Waals surface area (Å²) in [6.45, 7) is 1.92. The zero-order valence-electron chi connectivity index (χ0n) is 19.3. The summed E-state index contributed by atoms with van der Waals surface area (Å²) in [5.74, 6) is 0.508. The second kappa shape index (κ2) is 11.2. The van der Waals surface area contributed by atoms with Crippen LogP contribution in [-0.4, -0.2) is 37.0 Å². The molecule has 1 fully saturated rings. The molecule has 0 radical (unpaired) electrons. The summed E-state index contributed by atoms with van der Waals surface area (Å²) in [5.41, 5.74) is 3.81. The van der Waals surface area contributed by atoms with Gasteiger partial charge in [-0.2, -0.15) is 0 Å². The van der Waals surface area contributed by atoms with E-state index >= 15 is 0 Å². The van der Waals surface area contributed by atoms with Crippen molar-refractivity contribution in [1.29, 1.82) is 0 Å². The van der Waals surface area contributed by atoms with Gasteiger partial charge in [0.15, 0.2) is 0 Å². The average molecular weight is 456 g/mol. The Kier molecular flexibility index (Phi) is 7.60. The van der Waals surface area contributed by atoms with Gasteiger partial charge in [-0.25, -0.2) is 4.79 Å². The van der Waals surface area contributed by atoms with Gasteiger partial charge >= 0.3 is 6.03 Å². The molecule has 0 spiro atoms. The number of methoxy groups -OCH3 is 1. The predicted octanol–water partition coefficient (Wildman–Crippen LogP) is 5.18. The van der Waals surface area contributed by atoms with E-state index in [-0.39, 0.29) is 11.9 Å². The molecule has 34 heavy (non-hydrogen) atoms. The Morgan fingerprint density at radius 2 is 1.68 bits per heavy atom. The number of urea groups is 1. The lowest BCUT2D eigenvalue weighted by Gasteiger charge is -2.16. The van der Waals surface area contributed by atoms with Crippen LogP contribution in [0.5, 0.6) is 5.75 Å². The number of amides is 3. The molecule has 6 heteroatoms. The van der Waals surface area contributed by atoms with Gasteiger partial charge in [0, 0.05) is 36.5 Å². The molecule has 3 aromatic carbocycles. The normalized spacial score (nSPS) is 13.4. The number of hydrogen-bond acceptors (Lipinski definition) is 3. The SMILES string of the molecule is COc1ccccc1/C=C(/C(=O)NCc1cccc(NC(=O)N2CCCC2)c1)c1ccccc1. The van der Waals surface area contributed by atoms with E-state index in [0.29, 0.717) is 17.9 Å². The molecule has 2 N–H and O–H groups in total. The highest BCUT2D eigenvalue weighted by molar-refractivity contribution is 6.24. The van der Waals surface area contributed by atoms with E-state index in [0.717, 1.165) is 48.3 Å². The van der Waals surface area contributed by atoms with Gasteiger partial charge in [-0.3, -0.25) is 4.79 Å². The van der Waals surface area contributed by atoms with Crippen molar-refractivity contribution in [2.24, 2.45) is 0 Å². The van der Waals surface area contributed by atoms with Gasteiger partial charge in [-0.15, -0.1) is 0 Å². The van der Waals surface area contributed by atoms with Crippen molar-refractivity contribution < 1.29 is 14.3 Å². The fourth-order valence-corrected chi connectivity index (χ4v) is 4.00. The minimum atomic E-state index is -0.191. The predicted molar refractivity (Wildman–Crippen MR) is 135 cm³/mol. The standard InChI is InChI=1S/C28H29N3O3/c1-34-26-15-6-5-13-23(26)19-25(22-11-3-2-4-12-22)27(32)29-20-21-10-9-14-24(18-21)30-28(33)31-16-7-8-17-31/h2-6,9-15,18-19H,7-8,16-17,20H2,1H3,(H,29,32)(H,30,33)/b25-19+. The second-order valence-electron chi connectivity index (χ2n) is 8.17. The quantitative estimate of drug-likeness (QED) is 0.381. The minimum absolute atomic E-state index is 0.0789. The molecular weight excluding hydrogens is 426 g/mol. The molecule has 4 rings (SSSR count). The smallest absolute Gasteiger partial charge is 0.321 e. The van der Waals surface area contributed by atoms with Crippen LogP contribution in [0.2, 0.25) is 0 Å². The van der Waals surface area contributed by atoms with Crippen LogP contribution in [0.15, 0.2) is 78.9 Å². The Bertz CT molecular complexity index is 1170. The number of ether oxygens (including phenoxy) is 1. The van der Waals surface area contributed by atoms with Gasteiger partial charge < -0.3 is 20.3 Å². The van der Waals surface area contributed by atoms with Crippen LogP contribution in [-0.2, 0) is 11.3 Å². The van der Waals surface area contributed by atoms with E-state index in [9.17, 15) is 9.59 Å². The molecular formula is C28H29N3O3. The molecule has 0 atom stereocenters. The highest BCUT2D eigenvalue weighted by Crippen LogP contribution is 2.25. The number of likely N-dealkylation sites (tertiary alicyclic amines) is 1. The molecule has 0 aliphatic carbocycles. The van der Waals surface area contributed by atoms with Gasteiger partial charge in [0.2, 0.25) is 0 Å². The van der Waals surface area contributed by atoms with E-state index in [1.165, 1.54) is 0 Å². The zero-order valence-corrected chi connectivity index (χ0v) is 19.3. The van der Waals surface area contributed by atoms with Crippen molar-refractivity contribution >= 4 is 29.3 Å². The van der Waals surface area contributed by atoms with Crippen LogP contribution in [0.4, 0.5) is 10.5 Å². The third-order valence-electron chi connectivity index (χ3n) is 5.79. The van der Waals surface area contributed by atoms with Crippen molar-refractivity contribution in [3.8, 4) is 5.75 Å². The lowest BCUT2D eigenvalue weighted by atomic mass is 10.0. The number of para-hydroxylation sites is 1. The topological polar surface area (TPSA) is 70.7 Å². The molecule has 0 unspecified atom stereocenters. The van der Waals surface area contributed by atoms with Gasteiger partial charge in [0.1, 0.15) is 5.75 Å². The van der Waals surface area contributed by atoms with Crippen LogP contribution >= 0.6 is 0 Å². The maximum atomic E-state index is 13.3. The Hall–Kier alpha value is -4.06. The highest BCUT2D eigenvalue weighted by Gasteiger charge is 2.18. The van der Waals surface area contributed by atoms with Crippen molar-refractivity contribution in [3.63, 3.8) is 0 Å². The van der Waals surface area contributed by atoms with Crippen LogP contribution < -0.4 is 15.4 Å². The largest absolute Gasteiger partial charge is 0.496 e. The highest BCUT2D eigenvalue weighted by atomic mass is 16.5. The molecule has 0 saturated carbocycles. The molecule has 1 aliphatic heterocycles. The molecule has 6 nitrogen and oxygen atoms in total. The summed E-state index contributed by atoms with van der Waals surface area (Å²) >= 11 is 0. The van der Waals surface area contributed by atoms with E-state index < -0.39 is 0 Å². The van der Waals surface area contributed by atoms with Crippen LogP contribution in [0.25, 0.3) is 11.6 Å². The summed E-state index contributed by atoms with van der Waals surface area (Å²) in [5, 5.41) is 5.97. The fraction of sp³-hybridized carbons (Fsp3) is 0.214. The second-order valence-corrected chi connectivity index (χ2v) is 8.17. The van der Waals surface area contributed by atoms with Crippen molar-refractivity contribution in [2.75, 3.05) is 25.5 Å². The Morgan fingerprint density at radius 3 is 2.44 bits per heavy atom. The molecule has 3 aromatic rings. The number of anilines is 1. The number of nitrogens with zero attached hydrogens (tertiary/aromatic N) is 1. The summed E-state index contributed by atoms with van der Waals surface area (Å²) < 4.78 is 5.46. The number of carbonyl (C=O) groups excluding carboxylic acids is 2. The summed E-state index contributed by atoms with van der Waals surface area (Å²) in [6, 6.07) is 24.6. The summed E-state index contributed by atoms with van der Waals surface area (Å²) in [4.78, 5) is 27.5. The monoisotopic (exact) mass is 455 g/mol. The summed E-state index contributed by atoms with van der Waals surface area (Å²) in [6.07, 6.45) is 3.94. The van der Waals surface area contributed by atoms with Crippen LogP contribution in [0.3, 0.4) is 0 Å². The third-order valence-corrected chi connectivity index (χ3v) is 5.79. The molecule has 1 saturated heterocycles. The van der Waals surface area contributed by atoms with Gasteiger partial charge in [0.05, 0.1) is 7.11 Å². The van der Waals surface area contributed by atoms with Crippen LogP contribution in [0, 0.1) is 0 Å². The molecule has 1 aliphatic rings. The average Bonchev–Trinajstić information content (AvgIpc) is 3.42. The maximum absolute atomic E-state index is 13.3. The van der Waals surface area contributed by atoms with Gasteiger partial charge in [-0.1, -0.05) is 60.7 Å². The number of rotatable bonds is 7. The first-order valence-corrected chi connectivity index (χ1v) is 11.5. The van der Waals surface area contributed by atoms with Crippen LogP contribution in [0.1, 0.15) is 29.5 Å². The molecule has 0 aromatic heterocycles. The Morgan fingerprint density at radius 1 is 0.941 bits per heavy atom. The van der Waals surface area contributed by atoms with Gasteiger partial charge in [-0.05, 0) is 48.2 Å². The lowest BCUT2D eigenvalue weighted by molar-refractivity contribution is -0.115. The number of carbonyl (C=O) groups is 2. The van der Waals surface area contributed by atoms with E-state index in [1.807, 2.05) is 89.8 Å². The van der Waals surface area contributed by atoms with Crippen molar-refractivity contribution in [2.45, 2.75) is 19.4 Å².